The van der Waals surface area contributed by atoms with Crippen LogP contribution < -0.4 is 4.90 Å². The lowest BCUT2D eigenvalue weighted by atomic mass is 10.1. The van der Waals surface area contributed by atoms with Crippen LogP contribution in [-0.4, -0.2) is 59.3 Å². The van der Waals surface area contributed by atoms with Gasteiger partial charge >= 0.3 is 0 Å². The smallest absolute Gasteiger partial charge is 0.261 e. The molecule has 5 rings (SSSR count). The average Bonchev–Trinajstić information content (AvgIpc) is 3.09. The monoisotopic (exact) mass is 426 g/mol. The number of nitrogens with zero attached hydrogens (tertiary/aromatic N) is 4. The summed E-state index contributed by atoms with van der Waals surface area (Å²) < 4.78 is 0. The van der Waals surface area contributed by atoms with Crippen molar-refractivity contribution in [2.75, 3.05) is 37.6 Å². The molecule has 6 nitrogen and oxygen atoms in total. The fourth-order valence-corrected chi connectivity index (χ4v) is 4.41. The summed E-state index contributed by atoms with van der Waals surface area (Å²) in [7, 11) is 0. The van der Waals surface area contributed by atoms with E-state index in [1.54, 1.807) is 24.3 Å². The van der Waals surface area contributed by atoms with Crippen LogP contribution in [0.5, 0.6) is 0 Å². The molecule has 0 saturated carbocycles. The van der Waals surface area contributed by atoms with Crippen molar-refractivity contribution >= 4 is 17.6 Å². The van der Waals surface area contributed by atoms with E-state index in [1.165, 1.54) is 10.5 Å². The zero-order valence-electron chi connectivity index (χ0n) is 18.0. The van der Waals surface area contributed by atoms with E-state index < -0.39 is 0 Å². The summed E-state index contributed by atoms with van der Waals surface area (Å²) in [6, 6.07) is 21.3. The van der Waals surface area contributed by atoms with Crippen molar-refractivity contribution in [1.82, 2.24) is 14.8 Å². The zero-order valence-corrected chi connectivity index (χ0v) is 18.0. The van der Waals surface area contributed by atoms with Gasteiger partial charge in [-0.05, 0) is 41.8 Å². The molecule has 162 valence electrons. The highest BCUT2D eigenvalue weighted by molar-refractivity contribution is 6.21. The minimum Gasteiger partial charge on any atom is -0.354 e. The van der Waals surface area contributed by atoms with Crippen LogP contribution in [0.1, 0.15) is 31.8 Å². The van der Waals surface area contributed by atoms with Gasteiger partial charge in [0.1, 0.15) is 5.82 Å². The number of imide groups is 1. The molecule has 0 atom stereocenters. The number of anilines is 1. The van der Waals surface area contributed by atoms with Crippen molar-refractivity contribution in [3.8, 4) is 0 Å². The van der Waals surface area contributed by atoms with Gasteiger partial charge in [-0.15, -0.1) is 0 Å². The summed E-state index contributed by atoms with van der Waals surface area (Å²) in [6.07, 6.45) is 2.83. The lowest BCUT2D eigenvalue weighted by molar-refractivity contribution is 0.0642. The quantitative estimate of drug-likeness (QED) is 0.567. The van der Waals surface area contributed by atoms with Gasteiger partial charge in [0.05, 0.1) is 17.7 Å². The van der Waals surface area contributed by atoms with Crippen molar-refractivity contribution in [3.05, 3.63) is 95.2 Å². The van der Waals surface area contributed by atoms with Gasteiger partial charge in [0.2, 0.25) is 0 Å². The number of amides is 2. The van der Waals surface area contributed by atoms with E-state index in [4.69, 9.17) is 0 Å². The molecule has 2 aliphatic heterocycles. The summed E-state index contributed by atoms with van der Waals surface area (Å²) in [5.74, 6) is 0.639. The molecule has 3 heterocycles. The van der Waals surface area contributed by atoms with Crippen molar-refractivity contribution in [1.29, 1.82) is 0 Å². The minimum absolute atomic E-state index is 0.209. The third-order valence-electron chi connectivity index (χ3n) is 6.30. The molecule has 2 aromatic carbocycles. The first-order chi connectivity index (χ1) is 15.7. The van der Waals surface area contributed by atoms with E-state index in [0.29, 0.717) is 17.7 Å². The maximum absolute atomic E-state index is 12.6. The molecule has 3 aromatic rings. The molecule has 0 N–H and O–H groups in total. The van der Waals surface area contributed by atoms with Gasteiger partial charge in [-0.1, -0.05) is 42.5 Å². The molecule has 1 fully saturated rings. The number of carbonyl (C=O) groups is 2. The van der Waals surface area contributed by atoms with Crippen molar-refractivity contribution in [2.45, 2.75) is 13.0 Å². The predicted octanol–water partition coefficient (Wildman–Crippen LogP) is 3.24. The summed E-state index contributed by atoms with van der Waals surface area (Å²) in [6.45, 7) is 5.39. The summed E-state index contributed by atoms with van der Waals surface area (Å²) >= 11 is 0. The number of hydrogen-bond acceptors (Lipinski definition) is 5. The molecular formula is C26H26N4O2. The first-order valence-electron chi connectivity index (χ1n) is 11.1. The Balaban J connectivity index is 1.12. The van der Waals surface area contributed by atoms with Crippen LogP contribution in [0, 0.1) is 0 Å². The van der Waals surface area contributed by atoms with Crippen LogP contribution in [0.25, 0.3) is 0 Å². The summed E-state index contributed by atoms with van der Waals surface area (Å²) in [5.41, 5.74) is 3.23. The van der Waals surface area contributed by atoms with E-state index in [1.807, 2.05) is 30.5 Å². The second kappa shape index (κ2) is 8.93. The second-order valence-corrected chi connectivity index (χ2v) is 8.33. The number of pyridine rings is 1. The van der Waals surface area contributed by atoms with E-state index in [2.05, 4.69) is 33.0 Å². The number of rotatable bonds is 6. The zero-order chi connectivity index (χ0) is 21.9. The highest BCUT2D eigenvalue weighted by atomic mass is 16.2. The average molecular weight is 427 g/mol. The largest absolute Gasteiger partial charge is 0.354 e. The van der Waals surface area contributed by atoms with E-state index in [9.17, 15) is 9.59 Å². The Labute approximate surface area is 188 Å². The van der Waals surface area contributed by atoms with Gasteiger partial charge < -0.3 is 4.90 Å². The number of fused-ring (bicyclic) bond motifs is 1. The Morgan fingerprint density at radius 1 is 0.719 bits per heavy atom. The first kappa shape index (κ1) is 20.4. The minimum atomic E-state index is -0.209. The fourth-order valence-electron chi connectivity index (χ4n) is 4.41. The lowest BCUT2D eigenvalue weighted by Gasteiger charge is -2.35. The number of aromatic nitrogens is 1. The third kappa shape index (κ3) is 4.14. The number of carbonyl (C=O) groups excluding carboxylic acids is 2. The second-order valence-electron chi connectivity index (χ2n) is 8.33. The van der Waals surface area contributed by atoms with E-state index in [-0.39, 0.29) is 11.8 Å². The van der Waals surface area contributed by atoms with E-state index in [0.717, 1.165) is 50.5 Å². The maximum Gasteiger partial charge on any atom is 0.261 e. The predicted molar refractivity (Wildman–Crippen MR) is 124 cm³/mol. The normalized spacial score (nSPS) is 16.5. The van der Waals surface area contributed by atoms with Crippen LogP contribution in [0.2, 0.25) is 0 Å². The Morgan fingerprint density at radius 3 is 1.97 bits per heavy atom. The topological polar surface area (TPSA) is 56.8 Å². The van der Waals surface area contributed by atoms with Crippen molar-refractivity contribution in [2.24, 2.45) is 0 Å². The Morgan fingerprint density at radius 2 is 1.34 bits per heavy atom. The molecule has 0 aliphatic carbocycles. The number of piperazine rings is 1. The first-order valence-corrected chi connectivity index (χ1v) is 11.1. The van der Waals surface area contributed by atoms with E-state index >= 15 is 0 Å². The number of hydrogen-bond donors (Lipinski definition) is 0. The fraction of sp³-hybridized carbons (Fsp3) is 0.269. The van der Waals surface area contributed by atoms with Crippen LogP contribution in [0.4, 0.5) is 5.82 Å². The Bertz CT molecular complexity index is 1070. The molecule has 6 heteroatoms. The maximum atomic E-state index is 12.6. The van der Waals surface area contributed by atoms with Gasteiger partial charge in [0.25, 0.3) is 11.8 Å². The lowest BCUT2D eigenvalue weighted by Crippen LogP contribution is -2.47. The van der Waals surface area contributed by atoms with Crippen molar-refractivity contribution < 1.29 is 9.59 Å². The van der Waals surface area contributed by atoms with Gasteiger partial charge in [-0.2, -0.15) is 0 Å². The highest BCUT2D eigenvalue weighted by Crippen LogP contribution is 2.24. The Kier molecular flexibility index (Phi) is 5.69. The van der Waals surface area contributed by atoms with Crippen molar-refractivity contribution in [3.63, 3.8) is 0 Å². The van der Waals surface area contributed by atoms with Gasteiger partial charge in [0, 0.05) is 38.9 Å². The van der Waals surface area contributed by atoms with Gasteiger partial charge in [-0.25, -0.2) is 4.98 Å². The van der Waals surface area contributed by atoms with Crippen LogP contribution in [-0.2, 0) is 13.0 Å². The summed E-state index contributed by atoms with van der Waals surface area (Å²) in [4.78, 5) is 35.7. The molecule has 2 amide bonds. The summed E-state index contributed by atoms with van der Waals surface area (Å²) in [5, 5.41) is 0. The molecule has 2 aliphatic rings. The molecule has 32 heavy (non-hydrogen) atoms. The molecular weight excluding hydrogens is 400 g/mol. The highest BCUT2D eigenvalue weighted by Gasteiger charge is 2.34. The van der Waals surface area contributed by atoms with Gasteiger partial charge in [-0.3, -0.25) is 19.4 Å². The SMILES string of the molecule is O=C1c2ccccc2C(=O)N1Cc1ccc(CCN2CCN(c3ccccn3)CC2)cc1. The van der Waals surface area contributed by atoms with Crippen LogP contribution in [0.3, 0.4) is 0 Å². The van der Waals surface area contributed by atoms with Crippen LogP contribution >= 0.6 is 0 Å². The molecule has 1 saturated heterocycles. The molecule has 0 bridgehead atoms. The standard InChI is InChI=1S/C26H26N4O2/c31-25-22-5-1-2-6-23(22)26(32)30(25)19-21-10-8-20(9-11-21)12-14-28-15-17-29(18-16-28)24-7-3-4-13-27-24/h1-11,13H,12,14-19H2. The molecule has 0 radical (unpaired) electrons. The Hall–Kier alpha value is -3.51. The number of benzene rings is 2. The van der Waals surface area contributed by atoms with Crippen LogP contribution in [0.15, 0.2) is 72.9 Å². The van der Waals surface area contributed by atoms with Gasteiger partial charge in [0.15, 0.2) is 0 Å². The molecule has 0 spiro atoms. The third-order valence-corrected chi connectivity index (χ3v) is 6.30. The molecule has 1 aromatic heterocycles. The molecule has 0 unspecified atom stereocenters.